The highest BCUT2D eigenvalue weighted by atomic mass is 35.5. The van der Waals surface area contributed by atoms with Crippen molar-refractivity contribution in [3.63, 3.8) is 0 Å². The number of pyridine rings is 1. The number of halogens is 1. The predicted molar refractivity (Wildman–Crippen MR) is 129 cm³/mol. The Bertz CT molecular complexity index is 1280. The Labute approximate surface area is 194 Å². The smallest absolute Gasteiger partial charge is 0.320 e. The van der Waals surface area contributed by atoms with Crippen LogP contribution < -0.4 is 5.32 Å². The standard InChI is InChI=1S/C24H21ClN4O2S/c25-21-16(15-6-2-1-3-7-15)8-4-9-17(21)27-23-22-19(11-12-26-23)32-20(28-22)14-29-13-5-10-18(29)24(30)31/h1-4,6-9,11-12,18H,5,10,13-14H2,(H,26,27)(H,30,31)/t18-/m0/s1. The van der Waals surface area contributed by atoms with E-state index in [9.17, 15) is 9.90 Å². The van der Waals surface area contributed by atoms with E-state index < -0.39 is 12.0 Å². The first kappa shape index (κ1) is 20.9. The number of nitrogens with one attached hydrogen (secondary N) is 1. The summed E-state index contributed by atoms with van der Waals surface area (Å²) in [5.74, 6) is -0.131. The van der Waals surface area contributed by atoms with Gasteiger partial charge in [0.25, 0.3) is 0 Å². The number of hydrogen-bond donors (Lipinski definition) is 2. The number of rotatable bonds is 6. The molecule has 1 saturated heterocycles. The molecule has 4 aromatic rings. The first-order chi connectivity index (χ1) is 15.6. The highest BCUT2D eigenvalue weighted by Crippen LogP contribution is 2.37. The summed E-state index contributed by atoms with van der Waals surface area (Å²) in [6.07, 6.45) is 3.33. The zero-order valence-corrected chi connectivity index (χ0v) is 18.7. The SMILES string of the molecule is O=C(O)[C@@H]1CCCN1Cc1nc2c(Nc3cccc(-c4ccccc4)c3Cl)nccc2s1. The molecule has 5 rings (SSSR count). The van der Waals surface area contributed by atoms with Crippen LogP contribution in [0.5, 0.6) is 0 Å². The molecule has 2 aromatic carbocycles. The number of aliphatic carboxylic acids is 1. The van der Waals surface area contributed by atoms with Crippen molar-refractivity contribution in [2.24, 2.45) is 0 Å². The first-order valence-corrected chi connectivity index (χ1v) is 11.6. The van der Waals surface area contributed by atoms with Gasteiger partial charge in [-0.05, 0) is 37.1 Å². The van der Waals surface area contributed by atoms with Gasteiger partial charge in [0.2, 0.25) is 0 Å². The number of likely N-dealkylation sites (tertiary alicyclic amines) is 1. The molecule has 0 aliphatic carbocycles. The monoisotopic (exact) mass is 464 g/mol. The van der Waals surface area contributed by atoms with E-state index in [2.05, 4.69) is 10.3 Å². The molecule has 1 fully saturated rings. The molecule has 0 radical (unpaired) electrons. The van der Waals surface area contributed by atoms with Crippen molar-refractivity contribution in [3.8, 4) is 11.1 Å². The number of benzene rings is 2. The van der Waals surface area contributed by atoms with Gasteiger partial charge >= 0.3 is 5.97 Å². The average molecular weight is 465 g/mol. The van der Waals surface area contributed by atoms with Crippen LogP contribution >= 0.6 is 22.9 Å². The second-order valence-electron chi connectivity index (χ2n) is 7.74. The molecule has 0 amide bonds. The Morgan fingerprint density at radius 2 is 2.03 bits per heavy atom. The van der Waals surface area contributed by atoms with Crippen molar-refractivity contribution in [1.29, 1.82) is 0 Å². The Hall–Kier alpha value is -3.00. The lowest BCUT2D eigenvalue weighted by Gasteiger charge is -2.19. The number of nitrogens with zero attached hydrogens (tertiary/aromatic N) is 3. The molecule has 0 unspecified atom stereocenters. The van der Waals surface area contributed by atoms with E-state index in [1.54, 1.807) is 17.5 Å². The third-order valence-electron chi connectivity index (χ3n) is 5.68. The summed E-state index contributed by atoms with van der Waals surface area (Å²) in [5.41, 5.74) is 3.51. The van der Waals surface area contributed by atoms with Crippen LogP contribution in [-0.4, -0.2) is 38.5 Å². The number of carbonyl (C=O) groups is 1. The van der Waals surface area contributed by atoms with Crippen molar-refractivity contribution < 1.29 is 9.90 Å². The van der Waals surface area contributed by atoms with Crippen LogP contribution in [0.1, 0.15) is 17.8 Å². The van der Waals surface area contributed by atoms with Gasteiger partial charge in [0, 0.05) is 11.8 Å². The Kier molecular flexibility index (Phi) is 5.78. The molecular formula is C24H21ClN4O2S. The van der Waals surface area contributed by atoms with E-state index in [0.29, 0.717) is 23.8 Å². The number of hydrogen-bond acceptors (Lipinski definition) is 6. The van der Waals surface area contributed by atoms with Gasteiger partial charge in [-0.2, -0.15) is 0 Å². The zero-order valence-electron chi connectivity index (χ0n) is 17.2. The van der Waals surface area contributed by atoms with Crippen molar-refractivity contribution in [3.05, 3.63) is 70.8 Å². The van der Waals surface area contributed by atoms with Gasteiger partial charge in [-0.3, -0.25) is 9.69 Å². The van der Waals surface area contributed by atoms with E-state index in [0.717, 1.165) is 45.0 Å². The molecule has 162 valence electrons. The molecule has 0 bridgehead atoms. The lowest BCUT2D eigenvalue weighted by atomic mass is 10.1. The maximum absolute atomic E-state index is 11.5. The molecule has 32 heavy (non-hydrogen) atoms. The summed E-state index contributed by atoms with van der Waals surface area (Å²) >= 11 is 8.31. The highest BCUT2D eigenvalue weighted by molar-refractivity contribution is 7.18. The topological polar surface area (TPSA) is 78.3 Å². The van der Waals surface area contributed by atoms with Crippen LogP contribution in [0, 0.1) is 0 Å². The number of thiazole rings is 1. The molecule has 1 atom stereocenters. The summed E-state index contributed by atoms with van der Waals surface area (Å²) in [4.78, 5) is 22.8. The third-order valence-corrected chi connectivity index (χ3v) is 7.09. The molecule has 0 spiro atoms. The summed E-state index contributed by atoms with van der Waals surface area (Å²) in [5, 5.41) is 14.3. The molecule has 2 aromatic heterocycles. The lowest BCUT2D eigenvalue weighted by Crippen LogP contribution is -2.35. The van der Waals surface area contributed by atoms with Gasteiger partial charge < -0.3 is 10.4 Å². The molecule has 3 heterocycles. The van der Waals surface area contributed by atoms with Gasteiger partial charge in [0.05, 0.1) is 22.0 Å². The minimum Gasteiger partial charge on any atom is -0.480 e. The van der Waals surface area contributed by atoms with E-state index in [1.807, 2.05) is 59.5 Å². The van der Waals surface area contributed by atoms with E-state index in [1.165, 1.54) is 0 Å². The van der Waals surface area contributed by atoms with E-state index in [4.69, 9.17) is 16.6 Å². The van der Waals surface area contributed by atoms with Crippen molar-refractivity contribution >= 4 is 50.6 Å². The van der Waals surface area contributed by atoms with Crippen LogP contribution in [0.3, 0.4) is 0 Å². The fourth-order valence-corrected chi connectivity index (χ4v) is 5.40. The largest absolute Gasteiger partial charge is 0.480 e. The number of carboxylic acid groups (broad SMARTS) is 1. The highest BCUT2D eigenvalue weighted by Gasteiger charge is 2.31. The maximum atomic E-state index is 11.5. The third kappa shape index (κ3) is 4.07. The second-order valence-corrected chi connectivity index (χ2v) is 9.23. The maximum Gasteiger partial charge on any atom is 0.320 e. The Morgan fingerprint density at radius 1 is 1.19 bits per heavy atom. The van der Waals surface area contributed by atoms with Crippen LogP contribution in [0.2, 0.25) is 5.02 Å². The van der Waals surface area contributed by atoms with Crippen molar-refractivity contribution in [2.75, 3.05) is 11.9 Å². The summed E-state index contributed by atoms with van der Waals surface area (Å²) in [7, 11) is 0. The lowest BCUT2D eigenvalue weighted by molar-refractivity contribution is -0.142. The van der Waals surface area contributed by atoms with Crippen molar-refractivity contribution in [2.45, 2.75) is 25.4 Å². The summed E-state index contributed by atoms with van der Waals surface area (Å²) in [6.45, 7) is 1.30. The van der Waals surface area contributed by atoms with Gasteiger partial charge in [-0.25, -0.2) is 9.97 Å². The number of aromatic nitrogens is 2. The van der Waals surface area contributed by atoms with Gasteiger partial charge in [-0.1, -0.05) is 54.1 Å². The molecule has 1 aliphatic heterocycles. The first-order valence-electron chi connectivity index (χ1n) is 10.4. The normalized spacial score (nSPS) is 16.5. The summed E-state index contributed by atoms with van der Waals surface area (Å²) < 4.78 is 0.999. The number of carboxylic acids is 1. The average Bonchev–Trinajstić information content (AvgIpc) is 3.43. The Morgan fingerprint density at radius 3 is 2.84 bits per heavy atom. The second kappa shape index (κ2) is 8.86. The van der Waals surface area contributed by atoms with Gasteiger partial charge in [0.1, 0.15) is 16.6 Å². The number of fused-ring (bicyclic) bond motifs is 1. The fourth-order valence-electron chi connectivity index (χ4n) is 4.13. The van der Waals surface area contributed by atoms with Gasteiger partial charge in [-0.15, -0.1) is 11.3 Å². The fraction of sp³-hybridized carbons (Fsp3) is 0.208. The van der Waals surface area contributed by atoms with Crippen LogP contribution in [0.4, 0.5) is 11.5 Å². The predicted octanol–water partition coefficient (Wildman–Crippen LogP) is 5.80. The van der Waals surface area contributed by atoms with E-state index >= 15 is 0 Å². The zero-order chi connectivity index (χ0) is 22.1. The van der Waals surface area contributed by atoms with Crippen LogP contribution in [0.15, 0.2) is 60.8 Å². The molecule has 6 nitrogen and oxygen atoms in total. The minimum absolute atomic E-state index is 0.433. The molecule has 1 aliphatic rings. The van der Waals surface area contributed by atoms with Gasteiger partial charge in [0.15, 0.2) is 5.82 Å². The van der Waals surface area contributed by atoms with Crippen molar-refractivity contribution in [1.82, 2.24) is 14.9 Å². The quantitative estimate of drug-likeness (QED) is 0.375. The van der Waals surface area contributed by atoms with Crippen LogP contribution in [0.25, 0.3) is 21.3 Å². The number of anilines is 2. The summed E-state index contributed by atoms with van der Waals surface area (Å²) in [6, 6.07) is 17.4. The van der Waals surface area contributed by atoms with Crippen LogP contribution in [-0.2, 0) is 11.3 Å². The molecule has 0 saturated carbocycles. The molecular weight excluding hydrogens is 444 g/mol. The Balaban J connectivity index is 1.44. The molecule has 2 N–H and O–H groups in total. The minimum atomic E-state index is -0.763. The van der Waals surface area contributed by atoms with E-state index in [-0.39, 0.29) is 0 Å². The molecule has 8 heteroatoms.